The summed E-state index contributed by atoms with van der Waals surface area (Å²) >= 11 is 0. The Hall–Kier alpha value is -3.53. The minimum Gasteiger partial charge on any atom is -0.397 e. The largest absolute Gasteiger partial charge is 0.397 e. The molecular formula is C17H15N5O2. The number of nitrogen functional groups attached to an aromatic ring is 1. The summed E-state index contributed by atoms with van der Waals surface area (Å²) in [5.74, 6) is -1.02. The number of carbonyl (C=O) groups excluding carboxylic acids is 2. The van der Waals surface area contributed by atoms with Gasteiger partial charge in [-0.2, -0.15) is 15.5 Å². The Morgan fingerprint density at radius 2 is 1.92 bits per heavy atom. The van der Waals surface area contributed by atoms with Crippen LogP contribution < -0.4 is 11.1 Å². The molecule has 0 saturated heterocycles. The van der Waals surface area contributed by atoms with Crippen LogP contribution in [0.4, 0.5) is 17.1 Å². The molecule has 3 N–H and O–H groups in total. The van der Waals surface area contributed by atoms with Gasteiger partial charge in [0.1, 0.15) is 5.69 Å². The van der Waals surface area contributed by atoms with Gasteiger partial charge in [-0.1, -0.05) is 18.2 Å². The van der Waals surface area contributed by atoms with Crippen LogP contribution in [0.25, 0.3) is 0 Å². The molecule has 0 aromatic heterocycles. The molecule has 0 aliphatic rings. The summed E-state index contributed by atoms with van der Waals surface area (Å²) in [5, 5.41) is 19.1. The van der Waals surface area contributed by atoms with Gasteiger partial charge < -0.3 is 11.1 Å². The van der Waals surface area contributed by atoms with Gasteiger partial charge in [-0.25, -0.2) is 0 Å². The number of anilines is 2. The molecule has 0 aliphatic carbocycles. The molecule has 1 unspecified atom stereocenters. The summed E-state index contributed by atoms with van der Waals surface area (Å²) < 4.78 is 0. The van der Waals surface area contributed by atoms with Crippen LogP contribution in [-0.2, 0) is 9.59 Å². The molecule has 0 aliphatic heterocycles. The van der Waals surface area contributed by atoms with Crippen molar-refractivity contribution >= 4 is 28.8 Å². The number of ketones is 1. The highest BCUT2D eigenvalue weighted by Crippen LogP contribution is 2.23. The van der Waals surface area contributed by atoms with Crippen molar-refractivity contribution in [1.82, 2.24) is 0 Å². The fraction of sp³-hybridized carbons (Fsp3) is 0.118. The minimum atomic E-state index is -1.28. The van der Waals surface area contributed by atoms with E-state index in [4.69, 9.17) is 11.0 Å². The van der Waals surface area contributed by atoms with E-state index >= 15 is 0 Å². The number of nitrogens with two attached hydrogens (primary N) is 1. The molecule has 2 rings (SSSR count). The molecule has 1 amide bonds. The van der Waals surface area contributed by atoms with Crippen molar-refractivity contribution < 1.29 is 9.59 Å². The van der Waals surface area contributed by atoms with Crippen LogP contribution in [0.2, 0.25) is 0 Å². The number of para-hydroxylation sites is 1. The van der Waals surface area contributed by atoms with Crippen molar-refractivity contribution in [2.24, 2.45) is 10.2 Å². The first-order chi connectivity index (χ1) is 11.5. The van der Waals surface area contributed by atoms with Crippen molar-refractivity contribution in [2.45, 2.75) is 13.0 Å². The van der Waals surface area contributed by atoms with Gasteiger partial charge >= 0.3 is 0 Å². The van der Waals surface area contributed by atoms with Crippen LogP contribution in [-0.4, -0.2) is 17.7 Å². The van der Waals surface area contributed by atoms with E-state index in [0.29, 0.717) is 11.3 Å². The number of Topliss-reactive ketones (excluding diaryl/α,β-unsaturated/α-hetero) is 1. The second-order valence-electron chi connectivity index (χ2n) is 4.97. The summed E-state index contributed by atoms with van der Waals surface area (Å²) in [4.78, 5) is 23.9. The molecule has 0 bridgehead atoms. The number of nitrogens with zero attached hydrogens (tertiary/aromatic N) is 3. The summed E-state index contributed by atoms with van der Waals surface area (Å²) in [6.45, 7) is 1.26. The molecule has 0 saturated carbocycles. The Bertz CT molecular complexity index is 825. The maximum atomic E-state index is 12.2. The fourth-order valence-corrected chi connectivity index (χ4v) is 1.89. The zero-order valence-electron chi connectivity index (χ0n) is 12.9. The summed E-state index contributed by atoms with van der Waals surface area (Å²) in [6, 6.07) is 13.9. The number of benzene rings is 2. The predicted molar refractivity (Wildman–Crippen MR) is 89.6 cm³/mol. The number of hydrogen-bond acceptors (Lipinski definition) is 6. The Labute approximate surface area is 138 Å². The second-order valence-corrected chi connectivity index (χ2v) is 4.97. The maximum Gasteiger partial charge on any atom is 0.258 e. The molecule has 7 nitrogen and oxygen atoms in total. The van der Waals surface area contributed by atoms with Gasteiger partial charge in [0.2, 0.25) is 6.04 Å². The number of carbonyl (C=O) groups is 2. The summed E-state index contributed by atoms with van der Waals surface area (Å²) in [5.41, 5.74) is 7.24. The number of amides is 1. The van der Waals surface area contributed by atoms with Gasteiger partial charge in [-0.3, -0.25) is 9.59 Å². The molecule has 0 radical (unpaired) electrons. The van der Waals surface area contributed by atoms with Crippen LogP contribution in [0.1, 0.15) is 12.5 Å². The van der Waals surface area contributed by atoms with E-state index in [1.54, 1.807) is 24.3 Å². The van der Waals surface area contributed by atoms with Gasteiger partial charge in [0, 0.05) is 5.69 Å². The van der Waals surface area contributed by atoms with Crippen molar-refractivity contribution in [3.05, 3.63) is 54.1 Å². The molecule has 0 fully saturated rings. The van der Waals surface area contributed by atoms with Gasteiger partial charge in [0.15, 0.2) is 5.78 Å². The fourth-order valence-electron chi connectivity index (χ4n) is 1.89. The van der Waals surface area contributed by atoms with E-state index in [-0.39, 0.29) is 11.4 Å². The van der Waals surface area contributed by atoms with Crippen molar-refractivity contribution in [2.75, 3.05) is 11.1 Å². The second kappa shape index (κ2) is 7.65. The number of nitrogens with one attached hydrogen (secondary N) is 1. The van der Waals surface area contributed by atoms with Crippen LogP contribution in [0.15, 0.2) is 58.8 Å². The third-order valence-electron chi connectivity index (χ3n) is 3.11. The van der Waals surface area contributed by atoms with Crippen LogP contribution in [0.3, 0.4) is 0 Å². The predicted octanol–water partition coefficient (Wildman–Crippen LogP) is 2.82. The van der Waals surface area contributed by atoms with Crippen molar-refractivity contribution in [3.63, 3.8) is 0 Å². The van der Waals surface area contributed by atoms with E-state index in [2.05, 4.69) is 15.5 Å². The molecule has 0 spiro atoms. The first-order valence-corrected chi connectivity index (χ1v) is 7.08. The molecule has 120 valence electrons. The SMILES string of the molecule is CC(=O)C(N=Nc1ccc(C#N)cc1N)C(=O)Nc1ccccc1. The number of hydrogen-bond donors (Lipinski definition) is 2. The Kier molecular flexibility index (Phi) is 5.36. The van der Waals surface area contributed by atoms with E-state index in [1.165, 1.54) is 25.1 Å². The third-order valence-corrected chi connectivity index (χ3v) is 3.11. The lowest BCUT2D eigenvalue weighted by molar-refractivity contribution is -0.126. The summed E-state index contributed by atoms with van der Waals surface area (Å²) in [6.07, 6.45) is 0. The highest BCUT2D eigenvalue weighted by Gasteiger charge is 2.23. The number of rotatable bonds is 5. The maximum absolute atomic E-state index is 12.2. The topological polar surface area (TPSA) is 121 Å². The Morgan fingerprint density at radius 3 is 2.50 bits per heavy atom. The molecular weight excluding hydrogens is 306 g/mol. The van der Waals surface area contributed by atoms with Crippen LogP contribution >= 0.6 is 0 Å². The first kappa shape index (κ1) is 16.8. The molecule has 7 heteroatoms. The van der Waals surface area contributed by atoms with Crippen LogP contribution in [0, 0.1) is 11.3 Å². The van der Waals surface area contributed by atoms with E-state index < -0.39 is 17.7 Å². The van der Waals surface area contributed by atoms with Gasteiger partial charge in [0.05, 0.1) is 17.3 Å². The van der Waals surface area contributed by atoms with Gasteiger partial charge in [-0.05, 0) is 37.3 Å². The zero-order valence-corrected chi connectivity index (χ0v) is 12.9. The van der Waals surface area contributed by atoms with Crippen molar-refractivity contribution in [1.29, 1.82) is 5.26 Å². The Balaban J connectivity index is 2.18. The molecule has 2 aromatic rings. The smallest absolute Gasteiger partial charge is 0.258 e. The average molecular weight is 321 g/mol. The summed E-state index contributed by atoms with van der Waals surface area (Å²) in [7, 11) is 0. The quantitative estimate of drug-likeness (QED) is 0.499. The molecule has 0 heterocycles. The first-order valence-electron chi connectivity index (χ1n) is 7.08. The average Bonchev–Trinajstić information content (AvgIpc) is 2.56. The normalized spacial score (nSPS) is 11.7. The minimum absolute atomic E-state index is 0.239. The highest BCUT2D eigenvalue weighted by atomic mass is 16.2. The molecule has 2 aromatic carbocycles. The lowest BCUT2D eigenvalue weighted by Gasteiger charge is -2.09. The molecule has 1 atom stereocenters. The van der Waals surface area contributed by atoms with Crippen molar-refractivity contribution in [3.8, 4) is 6.07 Å². The van der Waals surface area contributed by atoms with Gasteiger partial charge in [0.25, 0.3) is 5.91 Å². The van der Waals surface area contributed by atoms with Crippen LogP contribution in [0.5, 0.6) is 0 Å². The Morgan fingerprint density at radius 1 is 1.21 bits per heavy atom. The van der Waals surface area contributed by atoms with E-state index in [9.17, 15) is 9.59 Å². The van der Waals surface area contributed by atoms with E-state index in [0.717, 1.165) is 0 Å². The monoisotopic (exact) mass is 321 g/mol. The van der Waals surface area contributed by atoms with E-state index in [1.807, 2.05) is 12.1 Å². The number of azo groups is 1. The highest BCUT2D eigenvalue weighted by molar-refractivity contribution is 6.10. The third kappa shape index (κ3) is 4.24. The lowest BCUT2D eigenvalue weighted by Crippen LogP contribution is -2.31. The lowest BCUT2D eigenvalue weighted by atomic mass is 10.2. The zero-order chi connectivity index (χ0) is 17.5. The number of nitriles is 1. The van der Waals surface area contributed by atoms with Gasteiger partial charge in [-0.15, -0.1) is 0 Å². The standard InChI is InChI=1S/C17H15N5O2/c1-11(23)16(17(24)20-13-5-3-2-4-6-13)22-21-15-8-7-12(10-18)9-14(15)19/h2-9,16H,19H2,1H3,(H,20,24). The molecule has 24 heavy (non-hydrogen) atoms.